The predicted octanol–water partition coefficient (Wildman–Crippen LogP) is 4.43. The molecule has 2 aromatic carbocycles. The van der Waals surface area contributed by atoms with E-state index in [1.54, 1.807) is 36.0 Å². The van der Waals surface area contributed by atoms with E-state index in [1.165, 1.54) is 13.2 Å². The highest BCUT2D eigenvalue weighted by atomic mass is 32.2. The molecule has 0 heterocycles. The van der Waals surface area contributed by atoms with Gasteiger partial charge in [0.1, 0.15) is 6.10 Å². The number of hydrogen-bond acceptors (Lipinski definition) is 6. The second kappa shape index (κ2) is 10.1. The van der Waals surface area contributed by atoms with Gasteiger partial charge in [-0.05, 0) is 60.6 Å². The first kappa shape index (κ1) is 20.9. The van der Waals surface area contributed by atoms with Gasteiger partial charge in [0.2, 0.25) is 0 Å². The van der Waals surface area contributed by atoms with Crippen LogP contribution in [0.3, 0.4) is 0 Å². The number of benzene rings is 2. The molecule has 6 nitrogen and oxygen atoms in total. The Balaban J connectivity index is 2.15. The number of rotatable bonds is 8. The number of aromatic hydroxyl groups is 1. The maximum atomic E-state index is 12.4. The van der Waals surface area contributed by atoms with E-state index in [0.717, 1.165) is 4.90 Å². The van der Waals surface area contributed by atoms with Crippen LogP contribution in [0.2, 0.25) is 0 Å². The smallest absolute Gasteiger partial charge is 0.412 e. The van der Waals surface area contributed by atoms with Crippen LogP contribution in [-0.2, 0) is 4.74 Å². The van der Waals surface area contributed by atoms with Crippen molar-refractivity contribution in [1.82, 2.24) is 0 Å². The van der Waals surface area contributed by atoms with E-state index < -0.39 is 12.2 Å². The van der Waals surface area contributed by atoms with Crippen LogP contribution >= 0.6 is 11.8 Å². The van der Waals surface area contributed by atoms with Gasteiger partial charge in [0.15, 0.2) is 11.5 Å². The fourth-order valence-corrected chi connectivity index (χ4v) is 3.10. The number of carbonyl (C=O) groups is 1. The van der Waals surface area contributed by atoms with Crippen LogP contribution in [0.5, 0.6) is 11.5 Å². The Bertz CT molecular complexity index is 751. The fraction of sp³-hybridized carbons (Fsp3) is 0.350. The molecule has 2 atom stereocenters. The standard InChI is InChI=1S/C20H25NO5S/c1-13(10-11-22)19(14-4-9-18(25-2)17(23)12-14)26-20(24)21-15-5-7-16(27-3)8-6-15/h4-9,12-13,19,22-23H,10-11H2,1-3H3,(H,21,24)/t13-,19-/m1/s1. The number of aliphatic hydroxyl groups excluding tert-OH is 1. The molecule has 2 aromatic rings. The summed E-state index contributed by atoms with van der Waals surface area (Å²) in [5.74, 6) is 0.158. The van der Waals surface area contributed by atoms with E-state index in [2.05, 4.69) is 5.32 Å². The molecular formula is C20H25NO5S. The van der Waals surface area contributed by atoms with Gasteiger partial charge in [-0.1, -0.05) is 13.0 Å². The minimum atomic E-state index is -0.626. The maximum absolute atomic E-state index is 12.4. The number of amides is 1. The molecule has 0 fully saturated rings. The van der Waals surface area contributed by atoms with Crippen molar-refractivity contribution in [3.63, 3.8) is 0 Å². The molecule has 1 amide bonds. The molecule has 27 heavy (non-hydrogen) atoms. The lowest BCUT2D eigenvalue weighted by molar-refractivity contribution is 0.0666. The van der Waals surface area contributed by atoms with E-state index in [0.29, 0.717) is 23.4 Å². The molecule has 0 aliphatic carbocycles. The largest absolute Gasteiger partial charge is 0.504 e. The summed E-state index contributed by atoms with van der Waals surface area (Å²) in [6.45, 7) is 1.85. The lowest BCUT2D eigenvalue weighted by atomic mass is 9.94. The molecule has 0 bridgehead atoms. The number of anilines is 1. The van der Waals surface area contributed by atoms with Gasteiger partial charge in [-0.2, -0.15) is 0 Å². The van der Waals surface area contributed by atoms with E-state index in [-0.39, 0.29) is 18.3 Å². The zero-order chi connectivity index (χ0) is 19.8. The zero-order valence-electron chi connectivity index (χ0n) is 15.6. The van der Waals surface area contributed by atoms with Crippen LogP contribution in [0.15, 0.2) is 47.4 Å². The van der Waals surface area contributed by atoms with E-state index in [1.807, 2.05) is 25.3 Å². The summed E-state index contributed by atoms with van der Waals surface area (Å²) in [4.78, 5) is 13.5. The number of methoxy groups -OCH3 is 1. The number of hydrogen-bond donors (Lipinski definition) is 3. The predicted molar refractivity (Wildman–Crippen MR) is 107 cm³/mol. The first-order valence-corrected chi connectivity index (χ1v) is 9.80. The molecule has 7 heteroatoms. The molecule has 0 unspecified atom stereocenters. The van der Waals surface area contributed by atoms with Gasteiger partial charge in [-0.3, -0.25) is 5.32 Å². The third-order valence-electron chi connectivity index (χ3n) is 4.20. The Hall–Kier alpha value is -2.38. The average Bonchev–Trinajstić information content (AvgIpc) is 2.66. The number of ether oxygens (including phenoxy) is 2. The minimum absolute atomic E-state index is 0.0269. The summed E-state index contributed by atoms with van der Waals surface area (Å²) >= 11 is 1.62. The first-order chi connectivity index (χ1) is 13.0. The molecule has 0 spiro atoms. The number of aliphatic hydroxyl groups is 1. The van der Waals surface area contributed by atoms with Gasteiger partial charge in [0, 0.05) is 17.2 Å². The Kier molecular flexibility index (Phi) is 7.82. The van der Waals surface area contributed by atoms with Crippen LogP contribution < -0.4 is 10.1 Å². The monoisotopic (exact) mass is 391 g/mol. The fourth-order valence-electron chi connectivity index (χ4n) is 2.69. The van der Waals surface area contributed by atoms with Crippen molar-refractivity contribution in [2.75, 3.05) is 25.3 Å². The summed E-state index contributed by atoms with van der Waals surface area (Å²) in [6, 6.07) is 12.3. The highest BCUT2D eigenvalue weighted by molar-refractivity contribution is 7.98. The molecule has 3 N–H and O–H groups in total. The van der Waals surface area contributed by atoms with Gasteiger partial charge in [-0.25, -0.2) is 4.79 Å². The Morgan fingerprint density at radius 1 is 1.22 bits per heavy atom. The van der Waals surface area contributed by atoms with Crippen molar-refractivity contribution in [3.8, 4) is 11.5 Å². The van der Waals surface area contributed by atoms with Crippen molar-refractivity contribution in [2.45, 2.75) is 24.3 Å². The van der Waals surface area contributed by atoms with E-state index >= 15 is 0 Å². The summed E-state index contributed by atoms with van der Waals surface area (Å²) < 4.78 is 10.7. The topological polar surface area (TPSA) is 88.0 Å². The average molecular weight is 391 g/mol. The van der Waals surface area contributed by atoms with Crippen molar-refractivity contribution >= 4 is 23.5 Å². The van der Waals surface area contributed by atoms with Gasteiger partial charge >= 0.3 is 6.09 Å². The van der Waals surface area contributed by atoms with Crippen LogP contribution in [0.25, 0.3) is 0 Å². The van der Waals surface area contributed by atoms with Crippen molar-refractivity contribution in [1.29, 1.82) is 0 Å². The molecule has 0 saturated carbocycles. The quantitative estimate of drug-likeness (QED) is 0.577. The van der Waals surface area contributed by atoms with Gasteiger partial charge < -0.3 is 19.7 Å². The summed E-state index contributed by atoms with van der Waals surface area (Å²) in [7, 11) is 1.47. The third-order valence-corrected chi connectivity index (χ3v) is 4.95. The second-order valence-electron chi connectivity index (χ2n) is 6.10. The van der Waals surface area contributed by atoms with Crippen LogP contribution in [-0.4, -0.2) is 36.3 Å². The third kappa shape index (κ3) is 5.80. The highest BCUT2D eigenvalue weighted by Gasteiger charge is 2.24. The zero-order valence-corrected chi connectivity index (χ0v) is 16.5. The van der Waals surface area contributed by atoms with Gasteiger partial charge in [-0.15, -0.1) is 11.8 Å². The molecule has 2 rings (SSSR count). The number of nitrogens with one attached hydrogen (secondary N) is 1. The number of thioether (sulfide) groups is 1. The SMILES string of the molecule is COc1ccc([C@H](OC(=O)Nc2ccc(SC)cc2)[C@H](C)CCO)cc1O. The summed E-state index contributed by atoms with van der Waals surface area (Å²) in [5.41, 5.74) is 1.26. The normalized spacial score (nSPS) is 12.9. The van der Waals surface area contributed by atoms with Crippen LogP contribution in [0.4, 0.5) is 10.5 Å². The van der Waals surface area contributed by atoms with Gasteiger partial charge in [0.05, 0.1) is 7.11 Å². The van der Waals surface area contributed by atoms with Crippen LogP contribution in [0, 0.1) is 5.92 Å². The Labute approximate surface area is 163 Å². The van der Waals surface area contributed by atoms with E-state index in [9.17, 15) is 15.0 Å². The summed E-state index contributed by atoms with van der Waals surface area (Å²) in [5, 5.41) is 22.0. The molecular weight excluding hydrogens is 366 g/mol. The van der Waals surface area contributed by atoms with Crippen molar-refractivity contribution in [3.05, 3.63) is 48.0 Å². The Morgan fingerprint density at radius 3 is 2.48 bits per heavy atom. The molecule has 0 saturated heterocycles. The highest BCUT2D eigenvalue weighted by Crippen LogP contribution is 2.34. The number of carbonyl (C=O) groups excluding carboxylic acids is 1. The Morgan fingerprint density at radius 2 is 1.93 bits per heavy atom. The van der Waals surface area contributed by atoms with Crippen molar-refractivity contribution in [2.24, 2.45) is 5.92 Å². The first-order valence-electron chi connectivity index (χ1n) is 8.58. The lowest BCUT2D eigenvalue weighted by Crippen LogP contribution is -2.22. The minimum Gasteiger partial charge on any atom is -0.504 e. The molecule has 0 aliphatic heterocycles. The molecule has 0 radical (unpaired) electrons. The maximum Gasteiger partial charge on any atom is 0.412 e. The van der Waals surface area contributed by atoms with E-state index in [4.69, 9.17) is 9.47 Å². The number of phenolic OH excluding ortho intramolecular Hbond substituents is 1. The van der Waals surface area contributed by atoms with Crippen LogP contribution in [0.1, 0.15) is 25.0 Å². The lowest BCUT2D eigenvalue weighted by Gasteiger charge is -2.24. The molecule has 0 aromatic heterocycles. The summed E-state index contributed by atoms with van der Waals surface area (Å²) in [6.07, 6.45) is 1.21. The molecule has 0 aliphatic rings. The number of phenols is 1. The van der Waals surface area contributed by atoms with Gasteiger partial charge in [0.25, 0.3) is 0 Å². The molecule has 146 valence electrons. The van der Waals surface area contributed by atoms with Crippen molar-refractivity contribution < 1.29 is 24.5 Å². The second-order valence-corrected chi connectivity index (χ2v) is 6.98.